The molecule has 2 unspecified atom stereocenters. The molecular weight excluding hydrogens is 240 g/mol. The molecule has 1 fully saturated rings. The predicted octanol–water partition coefficient (Wildman–Crippen LogP) is 3.72. The summed E-state index contributed by atoms with van der Waals surface area (Å²) in [6.07, 6.45) is 7.79. The Hall–Kier alpha value is -0.410. The first-order valence-electron chi connectivity index (χ1n) is 7.46. The lowest BCUT2D eigenvalue weighted by Gasteiger charge is -2.24. The second-order valence-corrected chi connectivity index (χ2v) is 7.29. The van der Waals surface area contributed by atoms with Crippen molar-refractivity contribution >= 4 is 11.3 Å². The van der Waals surface area contributed by atoms with E-state index in [1.165, 1.54) is 55.8 Å². The van der Waals surface area contributed by atoms with Gasteiger partial charge in [0.05, 0.1) is 11.7 Å². The molecule has 0 amide bonds. The molecule has 1 saturated heterocycles. The molecule has 0 radical (unpaired) electrons. The summed E-state index contributed by atoms with van der Waals surface area (Å²) < 4.78 is 0. The Morgan fingerprint density at radius 2 is 2.17 bits per heavy atom. The van der Waals surface area contributed by atoms with Gasteiger partial charge in [0, 0.05) is 4.88 Å². The van der Waals surface area contributed by atoms with E-state index >= 15 is 0 Å². The molecule has 1 N–H and O–H groups in total. The molecule has 0 saturated carbocycles. The molecule has 0 spiro atoms. The predicted molar refractivity (Wildman–Crippen MR) is 77.1 cm³/mol. The number of rotatable bonds is 2. The maximum Gasteiger partial charge on any atom is 0.110 e. The van der Waals surface area contributed by atoms with Gasteiger partial charge >= 0.3 is 0 Å². The van der Waals surface area contributed by atoms with E-state index in [-0.39, 0.29) is 0 Å². The van der Waals surface area contributed by atoms with Crippen LogP contribution >= 0.6 is 11.3 Å². The molecule has 2 aliphatic rings. The van der Waals surface area contributed by atoms with Gasteiger partial charge in [-0.3, -0.25) is 0 Å². The molecule has 3 heteroatoms. The summed E-state index contributed by atoms with van der Waals surface area (Å²) >= 11 is 1.99. The van der Waals surface area contributed by atoms with Crippen molar-refractivity contribution in [1.82, 2.24) is 10.3 Å². The van der Waals surface area contributed by atoms with Gasteiger partial charge < -0.3 is 5.32 Å². The van der Waals surface area contributed by atoms with Crippen LogP contribution in [0, 0.1) is 11.8 Å². The third kappa shape index (κ3) is 2.48. The molecule has 2 nitrogen and oxygen atoms in total. The van der Waals surface area contributed by atoms with Crippen LogP contribution in [0.4, 0.5) is 0 Å². The van der Waals surface area contributed by atoms with Crippen molar-refractivity contribution < 1.29 is 0 Å². The van der Waals surface area contributed by atoms with Gasteiger partial charge in [-0.1, -0.05) is 20.3 Å². The fraction of sp³-hybridized carbons (Fsp3) is 0.800. The Morgan fingerprint density at radius 3 is 2.89 bits per heavy atom. The molecule has 1 aliphatic heterocycles. The van der Waals surface area contributed by atoms with E-state index < -0.39 is 0 Å². The zero-order valence-corrected chi connectivity index (χ0v) is 12.4. The van der Waals surface area contributed by atoms with Crippen LogP contribution in [0.25, 0.3) is 0 Å². The van der Waals surface area contributed by atoms with Crippen LogP contribution in [0.1, 0.15) is 61.2 Å². The average molecular weight is 264 g/mol. The minimum atomic E-state index is 0.548. The first-order valence-corrected chi connectivity index (χ1v) is 8.27. The Labute approximate surface area is 114 Å². The molecule has 1 aromatic heterocycles. The van der Waals surface area contributed by atoms with Crippen molar-refractivity contribution in [3.63, 3.8) is 0 Å². The molecule has 1 aromatic rings. The lowest BCUT2D eigenvalue weighted by Crippen LogP contribution is -2.26. The summed E-state index contributed by atoms with van der Waals surface area (Å²) in [7, 11) is 0. The van der Waals surface area contributed by atoms with Gasteiger partial charge in [-0.2, -0.15) is 0 Å². The Bertz CT molecular complexity index is 405. The van der Waals surface area contributed by atoms with Gasteiger partial charge in [0.2, 0.25) is 0 Å². The van der Waals surface area contributed by atoms with Gasteiger partial charge in [0.25, 0.3) is 0 Å². The summed E-state index contributed by atoms with van der Waals surface area (Å²) in [4.78, 5) is 6.51. The molecule has 2 atom stereocenters. The Morgan fingerprint density at radius 1 is 1.28 bits per heavy atom. The van der Waals surface area contributed by atoms with Crippen molar-refractivity contribution in [3.05, 3.63) is 15.6 Å². The number of aromatic nitrogens is 1. The van der Waals surface area contributed by atoms with E-state index in [2.05, 4.69) is 19.2 Å². The van der Waals surface area contributed by atoms with Gasteiger partial charge in [0.15, 0.2) is 0 Å². The number of nitrogens with one attached hydrogen (secondary N) is 1. The molecule has 100 valence electrons. The second kappa shape index (κ2) is 5.30. The summed E-state index contributed by atoms with van der Waals surface area (Å²) in [5.41, 5.74) is 1.42. The highest BCUT2D eigenvalue weighted by atomic mass is 32.1. The summed E-state index contributed by atoms with van der Waals surface area (Å²) in [6, 6.07) is 0.548. The lowest BCUT2D eigenvalue weighted by molar-refractivity contribution is 0.343. The third-order valence-corrected chi connectivity index (χ3v) is 5.78. The van der Waals surface area contributed by atoms with Crippen molar-refractivity contribution in [2.45, 2.75) is 58.4 Å². The highest BCUT2D eigenvalue weighted by molar-refractivity contribution is 7.11. The Balaban J connectivity index is 1.76. The van der Waals surface area contributed by atoms with Gasteiger partial charge in [0.1, 0.15) is 5.01 Å². The SMILES string of the molecule is CC(C)C1CCc2nc(C3CCCCN3)sc2C1. The topological polar surface area (TPSA) is 24.9 Å². The van der Waals surface area contributed by atoms with Crippen molar-refractivity contribution in [3.8, 4) is 0 Å². The van der Waals surface area contributed by atoms with Crippen LogP contribution in [0.15, 0.2) is 0 Å². The van der Waals surface area contributed by atoms with Crippen molar-refractivity contribution in [2.75, 3.05) is 6.54 Å². The summed E-state index contributed by atoms with van der Waals surface area (Å²) in [5, 5.41) is 4.99. The van der Waals surface area contributed by atoms with Gasteiger partial charge in [-0.25, -0.2) is 4.98 Å². The van der Waals surface area contributed by atoms with E-state index in [9.17, 15) is 0 Å². The van der Waals surface area contributed by atoms with E-state index in [0.717, 1.165) is 11.8 Å². The number of thiazole rings is 1. The monoisotopic (exact) mass is 264 g/mol. The first kappa shape index (κ1) is 12.6. The first-order chi connectivity index (χ1) is 8.74. The zero-order valence-electron chi connectivity index (χ0n) is 11.5. The summed E-state index contributed by atoms with van der Waals surface area (Å²) in [6.45, 7) is 5.89. The lowest BCUT2D eigenvalue weighted by atomic mass is 9.83. The van der Waals surface area contributed by atoms with Crippen LogP contribution in [0.3, 0.4) is 0 Å². The Kier molecular flexibility index (Phi) is 3.71. The quantitative estimate of drug-likeness (QED) is 0.880. The van der Waals surface area contributed by atoms with Crippen molar-refractivity contribution in [1.29, 1.82) is 0 Å². The number of aryl methyl sites for hydroxylation is 1. The normalized spacial score (nSPS) is 28.4. The molecule has 18 heavy (non-hydrogen) atoms. The fourth-order valence-corrected chi connectivity index (χ4v) is 4.52. The molecule has 2 heterocycles. The molecule has 1 aliphatic carbocycles. The average Bonchev–Trinajstić information content (AvgIpc) is 2.82. The van der Waals surface area contributed by atoms with Gasteiger partial charge in [-0.15, -0.1) is 11.3 Å². The number of hydrogen-bond donors (Lipinski definition) is 1. The van der Waals surface area contributed by atoms with E-state index in [1.807, 2.05) is 11.3 Å². The van der Waals surface area contributed by atoms with Crippen LogP contribution in [0.5, 0.6) is 0 Å². The highest BCUT2D eigenvalue weighted by Crippen LogP contribution is 2.36. The maximum atomic E-state index is 4.92. The second-order valence-electron chi connectivity index (χ2n) is 6.17. The third-order valence-electron chi connectivity index (χ3n) is 4.55. The largest absolute Gasteiger partial charge is 0.308 e. The molecule has 3 rings (SSSR count). The zero-order chi connectivity index (χ0) is 12.5. The van der Waals surface area contributed by atoms with E-state index in [4.69, 9.17) is 4.98 Å². The number of piperidine rings is 1. The van der Waals surface area contributed by atoms with E-state index in [1.54, 1.807) is 4.88 Å². The summed E-state index contributed by atoms with van der Waals surface area (Å²) in [5.74, 6) is 1.70. The number of hydrogen-bond acceptors (Lipinski definition) is 3. The molecule has 0 bridgehead atoms. The van der Waals surface area contributed by atoms with Crippen LogP contribution in [-0.2, 0) is 12.8 Å². The maximum absolute atomic E-state index is 4.92. The number of nitrogens with zero attached hydrogens (tertiary/aromatic N) is 1. The van der Waals surface area contributed by atoms with Crippen molar-refractivity contribution in [2.24, 2.45) is 11.8 Å². The van der Waals surface area contributed by atoms with E-state index in [0.29, 0.717) is 6.04 Å². The minimum Gasteiger partial charge on any atom is -0.308 e. The molecular formula is C15H24N2S. The standard InChI is InChI=1S/C15H24N2S/c1-10(2)11-6-7-12-14(9-11)18-15(17-12)13-5-3-4-8-16-13/h10-11,13,16H,3-9H2,1-2H3. The number of fused-ring (bicyclic) bond motifs is 1. The van der Waals surface area contributed by atoms with Crippen LogP contribution in [-0.4, -0.2) is 11.5 Å². The molecule has 0 aromatic carbocycles. The minimum absolute atomic E-state index is 0.548. The smallest absolute Gasteiger partial charge is 0.110 e. The van der Waals surface area contributed by atoms with Crippen LogP contribution in [0.2, 0.25) is 0 Å². The fourth-order valence-electron chi connectivity index (χ4n) is 3.20. The van der Waals surface area contributed by atoms with Gasteiger partial charge in [-0.05, 0) is 50.5 Å². The highest BCUT2D eigenvalue weighted by Gasteiger charge is 2.26. The van der Waals surface area contributed by atoms with Crippen LogP contribution < -0.4 is 5.32 Å².